The summed E-state index contributed by atoms with van der Waals surface area (Å²) in [5.41, 5.74) is 0. The van der Waals surface area contributed by atoms with Crippen molar-refractivity contribution in [3.8, 4) is 0 Å². The third-order valence-electron chi connectivity index (χ3n) is 2.48. The highest BCUT2D eigenvalue weighted by Crippen LogP contribution is 2.08. The van der Waals surface area contributed by atoms with E-state index in [-0.39, 0.29) is 0 Å². The highest BCUT2D eigenvalue weighted by atomic mass is 32.1. The van der Waals surface area contributed by atoms with E-state index in [4.69, 9.17) is 10.2 Å². The first-order chi connectivity index (χ1) is 9.81. The van der Waals surface area contributed by atoms with E-state index in [0.717, 1.165) is 0 Å². The fourth-order valence-corrected chi connectivity index (χ4v) is 2.04. The van der Waals surface area contributed by atoms with Gasteiger partial charge in [-0.2, -0.15) is 0 Å². The largest absolute Gasteiger partial charge is 0.481 e. The Bertz CT molecular complexity index is 542. The highest BCUT2D eigenvalue weighted by molar-refractivity contribution is 7.12. The van der Waals surface area contributed by atoms with Gasteiger partial charge in [0.25, 0.3) is 5.91 Å². The van der Waals surface area contributed by atoms with E-state index in [1.165, 1.54) is 18.3 Å². The molecule has 0 spiro atoms. The zero-order valence-corrected chi connectivity index (χ0v) is 11.8. The van der Waals surface area contributed by atoms with Crippen LogP contribution in [0.1, 0.15) is 23.0 Å². The molecule has 1 rings (SSSR count). The second kappa shape index (κ2) is 7.39. The van der Waals surface area contributed by atoms with Crippen molar-refractivity contribution in [2.45, 2.75) is 25.4 Å². The van der Waals surface area contributed by atoms with Gasteiger partial charge in [0.1, 0.15) is 12.1 Å². The number of hydrogen-bond acceptors (Lipinski definition) is 5. The molecule has 21 heavy (non-hydrogen) atoms. The predicted octanol–water partition coefficient (Wildman–Crippen LogP) is -0.0895. The first kappa shape index (κ1) is 16.6. The molecule has 0 aliphatic carbocycles. The maximum atomic E-state index is 11.8. The van der Waals surface area contributed by atoms with Gasteiger partial charge >= 0.3 is 11.9 Å². The lowest BCUT2D eigenvalue weighted by atomic mass is 10.2. The van der Waals surface area contributed by atoms with E-state index < -0.39 is 42.3 Å². The molecular weight excluding hydrogens is 300 g/mol. The standard InChI is InChI=1S/C12H14N2O6S/c1-6(13-11(18)8-3-2-4-21-8)10(17)14-7(12(19)20)5-9(15)16/h2-4,6-7H,5H2,1H3,(H,13,18)(H,14,17)(H,15,16)(H,19,20)/t6?,7-/m1/s1. The van der Waals surface area contributed by atoms with Gasteiger partial charge in [0, 0.05) is 0 Å². The van der Waals surface area contributed by atoms with Crippen LogP contribution in [0.5, 0.6) is 0 Å². The number of hydrogen-bond donors (Lipinski definition) is 4. The molecule has 1 unspecified atom stereocenters. The number of nitrogens with one attached hydrogen (secondary N) is 2. The fourth-order valence-electron chi connectivity index (χ4n) is 1.41. The molecule has 0 aromatic carbocycles. The third-order valence-corrected chi connectivity index (χ3v) is 3.35. The maximum absolute atomic E-state index is 11.8. The van der Waals surface area contributed by atoms with Crippen LogP contribution >= 0.6 is 11.3 Å². The number of carboxylic acid groups (broad SMARTS) is 2. The van der Waals surface area contributed by atoms with Crippen LogP contribution in [-0.4, -0.2) is 46.0 Å². The van der Waals surface area contributed by atoms with Gasteiger partial charge in [0.05, 0.1) is 11.3 Å². The maximum Gasteiger partial charge on any atom is 0.326 e. The van der Waals surface area contributed by atoms with Crippen LogP contribution in [0.25, 0.3) is 0 Å². The molecule has 9 heteroatoms. The Morgan fingerprint density at radius 2 is 1.90 bits per heavy atom. The summed E-state index contributed by atoms with van der Waals surface area (Å²) in [7, 11) is 0. The summed E-state index contributed by atoms with van der Waals surface area (Å²) in [6.45, 7) is 1.38. The summed E-state index contributed by atoms with van der Waals surface area (Å²) in [4.78, 5) is 45.3. The molecule has 0 fully saturated rings. The van der Waals surface area contributed by atoms with Gasteiger partial charge < -0.3 is 20.8 Å². The summed E-state index contributed by atoms with van der Waals surface area (Å²) in [6.07, 6.45) is -0.743. The summed E-state index contributed by atoms with van der Waals surface area (Å²) >= 11 is 1.20. The van der Waals surface area contributed by atoms with Crippen LogP contribution in [0, 0.1) is 0 Å². The normalized spacial score (nSPS) is 13.0. The monoisotopic (exact) mass is 314 g/mol. The van der Waals surface area contributed by atoms with Crippen LogP contribution in [0.2, 0.25) is 0 Å². The van der Waals surface area contributed by atoms with Crippen molar-refractivity contribution in [1.29, 1.82) is 0 Å². The van der Waals surface area contributed by atoms with Crippen molar-refractivity contribution in [2.75, 3.05) is 0 Å². The van der Waals surface area contributed by atoms with Crippen molar-refractivity contribution in [3.63, 3.8) is 0 Å². The number of amides is 2. The summed E-state index contributed by atoms with van der Waals surface area (Å²) in [5, 5.41) is 23.6. The Hall–Kier alpha value is -2.42. The van der Waals surface area contributed by atoms with Crippen LogP contribution < -0.4 is 10.6 Å². The fraction of sp³-hybridized carbons (Fsp3) is 0.333. The van der Waals surface area contributed by atoms with E-state index in [1.54, 1.807) is 17.5 Å². The molecule has 0 radical (unpaired) electrons. The lowest BCUT2D eigenvalue weighted by Gasteiger charge is -2.17. The van der Waals surface area contributed by atoms with Crippen molar-refractivity contribution in [2.24, 2.45) is 0 Å². The SMILES string of the molecule is CC(NC(=O)c1cccs1)C(=O)N[C@H](CC(=O)O)C(=O)O. The van der Waals surface area contributed by atoms with E-state index in [0.29, 0.717) is 4.88 Å². The van der Waals surface area contributed by atoms with Crippen LogP contribution in [-0.2, 0) is 14.4 Å². The van der Waals surface area contributed by atoms with Crippen LogP contribution in [0.4, 0.5) is 0 Å². The van der Waals surface area contributed by atoms with Gasteiger partial charge in [0.2, 0.25) is 5.91 Å². The van der Waals surface area contributed by atoms with Crippen LogP contribution in [0.15, 0.2) is 17.5 Å². The number of thiophene rings is 1. The molecule has 8 nitrogen and oxygen atoms in total. The average molecular weight is 314 g/mol. The van der Waals surface area contributed by atoms with Gasteiger partial charge in [-0.25, -0.2) is 4.79 Å². The molecule has 1 heterocycles. The molecular formula is C12H14N2O6S. The molecule has 0 aliphatic rings. The average Bonchev–Trinajstić information content (AvgIpc) is 2.90. The molecule has 0 aliphatic heterocycles. The quantitative estimate of drug-likeness (QED) is 0.556. The number of carbonyl (C=O) groups excluding carboxylic acids is 2. The molecule has 0 saturated carbocycles. The van der Waals surface area contributed by atoms with Gasteiger partial charge in [-0.15, -0.1) is 11.3 Å². The van der Waals surface area contributed by atoms with Gasteiger partial charge in [0.15, 0.2) is 0 Å². The van der Waals surface area contributed by atoms with E-state index >= 15 is 0 Å². The summed E-state index contributed by atoms with van der Waals surface area (Å²) in [5.74, 6) is -4.04. The lowest BCUT2D eigenvalue weighted by molar-refractivity contribution is -0.147. The van der Waals surface area contributed by atoms with Crippen molar-refractivity contribution in [1.82, 2.24) is 10.6 Å². The molecule has 0 bridgehead atoms. The van der Waals surface area contributed by atoms with E-state index in [2.05, 4.69) is 10.6 Å². The molecule has 1 aromatic heterocycles. The summed E-state index contributed by atoms with van der Waals surface area (Å²) < 4.78 is 0. The van der Waals surface area contributed by atoms with E-state index in [9.17, 15) is 19.2 Å². The third kappa shape index (κ3) is 5.22. The van der Waals surface area contributed by atoms with Gasteiger partial charge in [-0.1, -0.05) is 6.07 Å². The molecule has 0 saturated heterocycles. The van der Waals surface area contributed by atoms with E-state index in [1.807, 2.05) is 0 Å². The Balaban J connectivity index is 2.59. The number of rotatable bonds is 7. The van der Waals surface area contributed by atoms with Crippen molar-refractivity contribution in [3.05, 3.63) is 22.4 Å². The molecule has 4 N–H and O–H groups in total. The molecule has 1 aromatic rings. The Kier molecular flexibility index (Phi) is 5.85. The van der Waals surface area contributed by atoms with Gasteiger partial charge in [-0.3, -0.25) is 14.4 Å². The smallest absolute Gasteiger partial charge is 0.326 e. The predicted molar refractivity (Wildman–Crippen MR) is 73.1 cm³/mol. The number of carboxylic acids is 2. The Labute approximate surface area is 123 Å². The number of aliphatic carboxylic acids is 2. The minimum Gasteiger partial charge on any atom is -0.481 e. The minimum absolute atomic E-state index is 0.412. The molecule has 114 valence electrons. The zero-order valence-electron chi connectivity index (χ0n) is 11.0. The second-order valence-corrected chi connectivity index (χ2v) is 5.12. The molecule has 2 atom stereocenters. The Morgan fingerprint density at radius 1 is 1.24 bits per heavy atom. The lowest BCUT2D eigenvalue weighted by Crippen LogP contribution is -2.50. The number of carbonyl (C=O) groups is 4. The van der Waals surface area contributed by atoms with Crippen molar-refractivity contribution >= 4 is 35.1 Å². The zero-order chi connectivity index (χ0) is 16.0. The first-order valence-electron chi connectivity index (χ1n) is 5.90. The van der Waals surface area contributed by atoms with Gasteiger partial charge in [-0.05, 0) is 18.4 Å². The second-order valence-electron chi connectivity index (χ2n) is 4.17. The van der Waals surface area contributed by atoms with Crippen molar-refractivity contribution < 1.29 is 29.4 Å². The molecule has 2 amide bonds. The first-order valence-corrected chi connectivity index (χ1v) is 6.78. The topological polar surface area (TPSA) is 133 Å². The highest BCUT2D eigenvalue weighted by Gasteiger charge is 2.26. The minimum atomic E-state index is -1.55. The Morgan fingerprint density at radius 3 is 2.38 bits per heavy atom. The van der Waals surface area contributed by atoms with Crippen LogP contribution in [0.3, 0.4) is 0 Å². The summed E-state index contributed by atoms with van der Waals surface area (Å²) in [6, 6.07) is 0.721.